The molecule has 0 radical (unpaired) electrons. The van der Waals surface area contributed by atoms with Gasteiger partial charge in [0.15, 0.2) is 22.2 Å². The van der Waals surface area contributed by atoms with E-state index in [1.165, 1.54) is 24.5 Å². The van der Waals surface area contributed by atoms with Gasteiger partial charge in [0.05, 0.1) is 16.9 Å². The van der Waals surface area contributed by atoms with E-state index in [-0.39, 0.29) is 22.0 Å². The molecule has 1 heterocycles. The molecule has 0 unspecified atom stereocenters. The minimum Gasteiger partial charge on any atom is -0.457 e. The Balaban J connectivity index is 1.68. The molecule has 0 aliphatic carbocycles. The normalized spacial score (nSPS) is 11.2. The van der Waals surface area contributed by atoms with Crippen molar-refractivity contribution in [2.24, 2.45) is 0 Å². The number of aryl methyl sites for hydroxylation is 1. The number of furan rings is 1. The van der Waals surface area contributed by atoms with Crippen molar-refractivity contribution in [1.29, 1.82) is 0 Å². The third-order valence-electron chi connectivity index (χ3n) is 4.09. The zero-order valence-corrected chi connectivity index (χ0v) is 15.9. The number of carbonyl (C=O) groups is 2. The van der Waals surface area contributed by atoms with E-state index < -0.39 is 28.2 Å². The van der Waals surface area contributed by atoms with Crippen LogP contribution in [-0.2, 0) is 20.3 Å². The van der Waals surface area contributed by atoms with E-state index in [4.69, 9.17) is 9.15 Å². The molecule has 0 fully saturated rings. The van der Waals surface area contributed by atoms with E-state index in [0.29, 0.717) is 5.56 Å². The number of ether oxygens (including phenoxy) is 1. The molecular weight excluding hydrogens is 380 g/mol. The molecule has 0 atom stereocenters. The summed E-state index contributed by atoms with van der Waals surface area (Å²) in [6, 6.07) is 16.2. The van der Waals surface area contributed by atoms with Gasteiger partial charge in [-0.05, 0) is 25.1 Å². The molecule has 0 N–H and O–H groups in total. The number of ketones is 1. The largest absolute Gasteiger partial charge is 0.457 e. The van der Waals surface area contributed by atoms with Crippen LogP contribution in [0.3, 0.4) is 0 Å². The summed E-state index contributed by atoms with van der Waals surface area (Å²) in [4.78, 5) is 24.5. The molecule has 7 heteroatoms. The Bertz CT molecular complexity index is 1080. The fraction of sp³-hybridized carbons (Fsp3) is 0.143. The third kappa shape index (κ3) is 4.55. The first-order valence-electron chi connectivity index (χ1n) is 8.48. The van der Waals surface area contributed by atoms with Crippen molar-refractivity contribution in [3.05, 3.63) is 89.4 Å². The summed E-state index contributed by atoms with van der Waals surface area (Å²) in [6.07, 6.45) is 1.22. The minimum absolute atomic E-state index is 0.144. The highest BCUT2D eigenvalue weighted by Crippen LogP contribution is 2.20. The van der Waals surface area contributed by atoms with Gasteiger partial charge in [-0.2, -0.15) is 0 Å². The van der Waals surface area contributed by atoms with E-state index >= 15 is 0 Å². The molecule has 0 saturated carbocycles. The van der Waals surface area contributed by atoms with Crippen LogP contribution in [0.4, 0.5) is 0 Å². The number of rotatable bonds is 7. The lowest BCUT2D eigenvalue weighted by Gasteiger charge is -2.06. The van der Waals surface area contributed by atoms with Crippen molar-refractivity contribution >= 4 is 21.6 Å². The van der Waals surface area contributed by atoms with Gasteiger partial charge in [0.25, 0.3) is 0 Å². The molecule has 28 heavy (non-hydrogen) atoms. The maximum Gasteiger partial charge on any atom is 0.374 e. The summed E-state index contributed by atoms with van der Waals surface area (Å²) in [7, 11) is -3.65. The lowest BCUT2D eigenvalue weighted by molar-refractivity contribution is 0.0443. The molecule has 2 aromatic carbocycles. The molecule has 0 spiro atoms. The highest BCUT2D eigenvalue weighted by atomic mass is 32.2. The summed E-state index contributed by atoms with van der Waals surface area (Å²) < 4.78 is 35.1. The van der Waals surface area contributed by atoms with Gasteiger partial charge >= 0.3 is 5.97 Å². The first kappa shape index (κ1) is 19.6. The highest BCUT2D eigenvalue weighted by molar-refractivity contribution is 7.90. The van der Waals surface area contributed by atoms with Crippen LogP contribution in [0, 0.1) is 6.92 Å². The lowest BCUT2D eigenvalue weighted by atomic mass is 10.1. The minimum atomic E-state index is -3.65. The number of benzene rings is 2. The lowest BCUT2D eigenvalue weighted by Crippen LogP contribution is -2.15. The van der Waals surface area contributed by atoms with Crippen LogP contribution >= 0.6 is 0 Å². The van der Waals surface area contributed by atoms with Crippen molar-refractivity contribution in [2.45, 2.75) is 17.6 Å². The maximum absolute atomic E-state index is 12.5. The molecule has 0 saturated heterocycles. The molecule has 3 aromatic rings. The van der Waals surface area contributed by atoms with E-state index in [2.05, 4.69) is 0 Å². The smallest absolute Gasteiger partial charge is 0.374 e. The summed E-state index contributed by atoms with van der Waals surface area (Å²) in [5.41, 5.74) is 1.61. The highest BCUT2D eigenvalue weighted by Gasteiger charge is 2.24. The van der Waals surface area contributed by atoms with Crippen LogP contribution in [-0.4, -0.2) is 26.8 Å². The predicted octanol–water partition coefficient (Wildman–Crippen LogP) is 3.60. The van der Waals surface area contributed by atoms with Gasteiger partial charge in [0, 0.05) is 11.1 Å². The van der Waals surface area contributed by atoms with Gasteiger partial charge in [-0.15, -0.1) is 0 Å². The van der Waals surface area contributed by atoms with E-state index in [1.807, 2.05) is 6.92 Å². The van der Waals surface area contributed by atoms with E-state index in [9.17, 15) is 18.0 Å². The topological polar surface area (TPSA) is 90.7 Å². The summed E-state index contributed by atoms with van der Waals surface area (Å²) in [6.45, 7) is 1.43. The summed E-state index contributed by atoms with van der Waals surface area (Å²) in [5, 5.41) is 0. The van der Waals surface area contributed by atoms with Crippen LogP contribution in [0.2, 0.25) is 0 Å². The molecule has 0 bridgehead atoms. The zero-order valence-electron chi connectivity index (χ0n) is 15.1. The molecule has 1 aromatic heterocycles. The fourth-order valence-electron chi connectivity index (χ4n) is 2.56. The Morgan fingerprint density at radius 2 is 1.64 bits per heavy atom. The van der Waals surface area contributed by atoms with Gasteiger partial charge in [-0.1, -0.05) is 48.0 Å². The van der Waals surface area contributed by atoms with Gasteiger partial charge in [0.2, 0.25) is 5.76 Å². The second-order valence-electron chi connectivity index (χ2n) is 6.21. The average Bonchev–Trinajstić information content (AvgIpc) is 3.14. The Hall–Kier alpha value is -3.19. The monoisotopic (exact) mass is 398 g/mol. The molecule has 6 nitrogen and oxygen atoms in total. The Morgan fingerprint density at radius 3 is 2.32 bits per heavy atom. The average molecular weight is 398 g/mol. The van der Waals surface area contributed by atoms with Gasteiger partial charge < -0.3 is 9.15 Å². The van der Waals surface area contributed by atoms with Crippen molar-refractivity contribution in [2.75, 3.05) is 6.61 Å². The SMILES string of the molecule is Cc1ccc(C(=O)COC(=O)c2occc2CS(=O)(=O)c2ccccc2)cc1. The Labute approximate surface area is 162 Å². The molecule has 3 rings (SSSR count). The van der Waals surface area contributed by atoms with Crippen LogP contribution in [0.5, 0.6) is 0 Å². The second kappa shape index (κ2) is 8.22. The zero-order chi connectivity index (χ0) is 20.1. The van der Waals surface area contributed by atoms with Crippen LogP contribution in [0.1, 0.15) is 32.0 Å². The summed E-state index contributed by atoms with van der Waals surface area (Å²) in [5.74, 6) is -1.89. The van der Waals surface area contributed by atoms with Crippen LogP contribution in [0.15, 0.2) is 76.2 Å². The molecule has 0 amide bonds. The van der Waals surface area contributed by atoms with Gasteiger partial charge in [0.1, 0.15) is 0 Å². The van der Waals surface area contributed by atoms with Crippen LogP contribution in [0.25, 0.3) is 0 Å². The van der Waals surface area contributed by atoms with Crippen molar-refractivity contribution in [3.63, 3.8) is 0 Å². The first-order chi connectivity index (χ1) is 13.4. The number of Topliss-reactive ketones (excluding diaryl/α,β-unsaturated/α-hetero) is 1. The number of sulfone groups is 1. The van der Waals surface area contributed by atoms with Crippen LogP contribution < -0.4 is 0 Å². The Kier molecular flexibility index (Phi) is 5.75. The standard InChI is InChI=1S/C21H18O6S/c1-15-7-9-16(10-8-15)19(22)13-27-21(23)20-17(11-12-26-20)14-28(24,25)18-5-3-2-4-6-18/h2-12H,13-14H2,1H3. The molecule has 0 aliphatic heterocycles. The molecule has 0 aliphatic rings. The number of hydrogen-bond donors (Lipinski definition) is 0. The maximum atomic E-state index is 12.5. The van der Waals surface area contributed by atoms with Gasteiger partial charge in [-0.3, -0.25) is 4.79 Å². The van der Waals surface area contributed by atoms with Gasteiger partial charge in [-0.25, -0.2) is 13.2 Å². The van der Waals surface area contributed by atoms with Crippen molar-refractivity contribution in [1.82, 2.24) is 0 Å². The number of hydrogen-bond acceptors (Lipinski definition) is 6. The molecular formula is C21H18O6S. The van der Waals surface area contributed by atoms with E-state index in [1.54, 1.807) is 42.5 Å². The fourth-order valence-corrected chi connectivity index (χ4v) is 3.94. The first-order valence-corrected chi connectivity index (χ1v) is 10.1. The van der Waals surface area contributed by atoms with Crippen molar-refractivity contribution in [3.8, 4) is 0 Å². The summed E-state index contributed by atoms with van der Waals surface area (Å²) >= 11 is 0. The molecule has 144 valence electrons. The second-order valence-corrected chi connectivity index (χ2v) is 8.20. The third-order valence-corrected chi connectivity index (χ3v) is 5.77. The predicted molar refractivity (Wildman–Crippen MR) is 102 cm³/mol. The Morgan fingerprint density at radius 1 is 0.964 bits per heavy atom. The number of carbonyl (C=O) groups excluding carboxylic acids is 2. The quantitative estimate of drug-likeness (QED) is 0.446. The number of esters is 1. The van der Waals surface area contributed by atoms with E-state index in [0.717, 1.165) is 5.56 Å². The van der Waals surface area contributed by atoms with Crippen molar-refractivity contribution < 1.29 is 27.2 Å².